The summed E-state index contributed by atoms with van der Waals surface area (Å²) in [7, 11) is 0. The first kappa shape index (κ1) is 19.2. The number of rotatable bonds is 3. The summed E-state index contributed by atoms with van der Waals surface area (Å²) in [5.74, 6) is 2.60. The molecular weight excluding hydrogens is 312 g/mol. The smallest absolute Gasteiger partial charge is 0.339 e. The predicted octanol–water partition coefficient (Wildman–Crippen LogP) is 5.11. The minimum atomic E-state index is -1.27. The summed E-state index contributed by atoms with van der Waals surface area (Å²) in [5, 5.41) is 12.0. The van der Waals surface area contributed by atoms with E-state index in [4.69, 9.17) is 0 Å². The molecule has 0 saturated heterocycles. The van der Waals surface area contributed by atoms with Crippen molar-refractivity contribution in [1.29, 1.82) is 0 Å². The first-order chi connectivity index (χ1) is 11.4. The monoisotopic (exact) mass is 331 g/mol. The molecule has 0 aliphatic heterocycles. The second-order valence-electron chi connectivity index (χ2n) is 4.66. The van der Waals surface area contributed by atoms with Gasteiger partial charge in [-0.2, -0.15) is 0 Å². The van der Waals surface area contributed by atoms with Crippen LogP contribution in [0.5, 0.6) is 0 Å². The van der Waals surface area contributed by atoms with Crippen molar-refractivity contribution in [2.24, 2.45) is 0 Å². The summed E-state index contributed by atoms with van der Waals surface area (Å²) in [6.07, 6.45) is 0. The Morgan fingerprint density at radius 3 is 2.33 bits per heavy atom. The fourth-order valence-corrected chi connectivity index (χ4v) is 2.04. The van der Waals surface area contributed by atoms with E-state index in [1.54, 1.807) is 13.0 Å². The number of halogens is 2. The molecule has 0 fully saturated rings. The van der Waals surface area contributed by atoms with Gasteiger partial charge in [-0.1, -0.05) is 25.8 Å². The van der Waals surface area contributed by atoms with E-state index in [2.05, 4.69) is 17.2 Å². The lowest BCUT2D eigenvalue weighted by atomic mass is 10.0. The summed E-state index contributed by atoms with van der Waals surface area (Å²) < 4.78 is 27.6. The average Bonchev–Trinajstić information content (AvgIpc) is 2.51. The minimum Gasteiger partial charge on any atom is -0.478 e. The first-order valence-corrected chi connectivity index (χ1v) is 7.45. The summed E-state index contributed by atoms with van der Waals surface area (Å²) in [6, 6.07) is 6.47. The maximum Gasteiger partial charge on any atom is 0.339 e. The molecule has 24 heavy (non-hydrogen) atoms. The highest BCUT2D eigenvalue weighted by atomic mass is 19.1. The molecule has 2 aromatic carbocycles. The predicted molar refractivity (Wildman–Crippen MR) is 91.7 cm³/mol. The van der Waals surface area contributed by atoms with Crippen LogP contribution in [0.2, 0.25) is 0 Å². The molecule has 0 saturated carbocycles. The topological polar surface area (TPSA) is 49.3 Å². The molecule has 0 aliphatic carbocycles. The number of aryl methyl sites for hydroxylation is 1. The van der Waals surface area contributed by atoms with E-state index in [-0.39, 0.29) is 22.5 Å². The Hall–Kier alpha value is -2.87. The summed E-state index contributed by atoms with van der Waals surface area (Å²) in [4.78, 5) is 11.4. The Balaban J connectivity index is 0.00000139. The molecule has 3 nitrogen and oxygen atoms in total. The lowest BCUT2D eigenvalue weighted by Gasteiger charge is -2.12. The SMILES string of the molecule is CC.CC#Cc1cc(F)cc(Nc2ccc(C)cc2F)c1C(=O)O. The van der Waals surface area contributed by atoms with Gasteiger partial charge in [0.15, 0.2) is 0 Å². The fraction of sp³-hybridized carbons (Fsp3) is 0.211. The Kier molecular flexibility index (Phi) is 6.94. The van der Waals surface area contributed by atoms with Crippen LogP contribution in [0.15, 0.2) is 30.3 Å². The zero-order chi connectivity index (χ0) is 18.3. The molecule has 0 aromatic heterocycles. The van der Waals surface area contributed by atoms with Crippen molar-refractivity contribution in [3.8, 4) is 11.8 Å². The molecule has 0 bridgehead atoms. The largest absolute Gasteiger partial charge is 0.478 e. The third-order valence-electron chi connectivity index (χ3n) is 2.97. The molecule has 2 rings (SSSR count). The van der Waals surface area contributed by atoms with Crippen LogP contribution in [0.25, 0.3) is 0 Å². The van der Waals surface area contributed by atoms with Gasteiger partial charge in [-0.3, -0.25) is 0 Å². The number of nitrogens with one attached hydrogen (secondary N) is 1. The van der Waals surface area contributed by atoms with Gasteiger partial charge in [0.05, 0.1) is 16.9 Å². The van der Waals surface area contributed by atoms with Crippen molar-refractivity contribution in [2.45, 2.75) is 27.7 Å². The number of hydrogen-bond donors (Lipinski definition) is 2. The van der Waals surface area contributed by atoms with E-state index < -0.39 is 17.6 Å². The molecular formula is C19H19F2NO2. The van der Waals surface area contributed by atoms with Crippen LogP contribution in [0.4, 0.5) is 20.2 Å². The zero-order valence-electron chi connectivity index (χ0n) is 14.0. The van der Waals surface area contributed by atoms with Gasteiger partial charge in [-0.25, -0.2) is 13.6 Å². The highest BCUT2D eigenvalue weighted by Crippen LogP contribution is 2.27. The van der Waals surface area contributed by atoms with E-state index in [9.17, 15) is 18.7 Å². The normalized spacial score (nSPS) is 9.25. The molecule has 0 amide bonds. The van der Waals surface area contributed by atoms with Crippen LogP contribution in [0.3, 0.4) is 0 Å². The van der Waals surface area contributed by atoms with Gasteiger partial charge >= 0.3 is 5.97 Å². The van der Waals surface area contributed by atoms with E-state index in [1.165, 1.54) is 19.1 Å². The lowest BCUT2D eigenvalue weighted by molar-refractivity contribution is 0.0697. The third kappa shape index (κ3) is 4.56. The van der Waals surface area contributed by atoms with Crippen molar-refractivity contribution in [2.75, 3.05) is 5.32 Å². The molecule has 2 N–H and O–H groups in total. The van der Waals surface area contributed by atoms with Crippen molar-refractivity contribution in [3.05, 3.63) is 58.7 Å². The van der Waals surface area contributed by atoms with Gasteiger partial charge in [-0.15, -0.1) is 5.92 Å². The number of anilines is 2. The van der Waals surface area contributed by atoms with E-state index >= 15 is 0 Å². The highest BCUT2D eigenvalue weighted by molar-refractivity contribution is 5.98. The van der Waals surface area contributed by atoms with Crippen molar-refractivity contribution < 1.29 is 18.7 Å². The lowest BCUT2D eigenvalue weighted by Crippen LogP contribution is -2.07. The average molecular weight is 331 g/mol. The van der Waals surface area contributed by atoms with Gasteiger partial charge in [0.1, 0.15) is 11.6 Å². The van der Waals surface area contributed by atoms with Gasteiger partial charge in [0.25, 0.3) is 0 Å². The second kappa shape index (κ2) is 8.68. The van der Waals surface area contributed by atoms with E-state index in [1.807, 2.05) is 13.8 Å². The fourth-order valence-electron chi connectivity index (χ4n) is 2.04. The van der Waals surface area contributed by atoms with Crippen LogP contribution < -0.4 is 5.32 Å². The Bertz CT molecular complexity index is 805. The molecule has 0 radical (unpaired) electrons. The Morgan fingerprint density at radius 1 is 1.12 bits per heavy atom. The highest BCUT2D eigenvalue weighted by Gasteiger charge is 2.18. The summed E-state index contributed by atoms with van der Waals surface area (Å²) >= 11 is 0. The summed E-state index contributed by atoms with van der Waals surface area (Å²) in [6.45, 7) is 7.25. The van der Waals surface area contributed by atoms with E-state index in [0.717, 1.165) is 17.7 Å². The second-order valence-corrected chi connectivity index (χ2v) is 4.66. The number of carbonyl (C=O) groups is 1. The van der Waals surface area contributed by atoms with Gasteiger partial charge < -0.3 is 10.4 Å². The number of aromatic carboxylic acids is 1. The number of hydrogen-bond acceptors (Lipinski definition) is 2. The number of benzene rings is 2. The summed E-state index contributed by atoms with van der Waals surface area (Å²) in [5.41, 5.74) is 0.571. The first-order valence-electron chi connectivity index (χ1n) is 7.45. The number of carboxylic acids is 1. The van der Waals surface area contributed by atoms with Crippen LogP contribution in [-0.2, 0) is 0 Å². The van der Waals surface area contributed by atoms with Crippen LogP contribution >= 0.6 is 0 Å². The van der Waals surface area contributed by atoms with Crippen LogP contribution in [0.1, 0.15) is 42.3 Å². The zero-order valence-corrected chi connectivity index (χ0v) is 14.0. The van der Waals surface area contributed by atoms with Crippen molar-refractivity contribution in [3.63, 3.8) is 0 Å². The molecule has 0 aliphatic rings. The molecule has 0 atom stereocenters. The van der Waals surface area contributed by atoms with Crippen LogP contribution in [0, 0.1) is 30.4 Å². The van der Waals surface area contributed by atoms with Gasteiger partial charge in [0.2, 0.25) is 0 Å². The molecule has 0 spiro atoms. The van der Waals surface area contributed by atoms with Crippen LogP contribution in [-0.4, -0.2) is 11.1 Å². The maximum atomic E-state index is 13.9. The molecule has 126 valence electrons. The minimum absolute atomic E-state index is 0.0324. The molecule has 2 aromatic rings. The van der Waals surface area contributed by atoms with Gasteiger partial charge in [-0.05, 0) is 43.7 Å². The number of carboxylic acid groups (broad SMARTS) is 1. The molecule has 0 unspecified atom stereocenters. The van der Waals surface area contributed by atoms with Gasteiger partial charge in [0, 0.05) is 5.56 Å². The van der Waals surface area contributed by atoms with E-state index in [0.29, 0.717) is 0 Å². The maximum absolute atomic E-state index is 13.9. The standard InChI is InChI=1S/C17H13F2NO2.C2H6/c1-3-4-11-8-12(18)9-15(16(11)17(21)22)20-14-6-5-10(2)7-13(14)19;1-2/h5-9,20H,1-2H3,(H,21,22);1-2H3. The third-order valence-corrected chi connectivity index (χ3v) is 2.97. The Morgan fingerprint density at radius 2 is 1.79 bits per heavy atom. The Labute approximate surface area is 140 Å². The quantitative estimate of drug-likeness (QED) is 0.768. The van der Waals surface area contributed by atoms with Crippen molar-refractivity contribution >= 4 is 17.3 Å². The molecule has 5 heteroatoms. The van der Waals surface area contributed by atoms with Crippen molar-refractivity contribution in [1.82, 2.24) is 0 Å². The molecule has 0 heterocycles.